The lowest BCUT2D eigenvalue weighted by atomic mass is 10.0. The van der Waals surface area contributed by atoms with Gasteiger partial charge in [-0.2, -0.15) is 23.5 Å². The second kappa shape index (κ2) is 7.09. The fraction of sp³-hybridized carbons (Fsp3) is 0.263. The Morgan fingerprint density at radius 1 is 1.28 bits per heavy atom. The van der Waals surface area contributed by atoms with Crippen molar-refractivity contribution < 1.29 is 18.0 Å². The Bertz CT molecular complexity index is 1120. The molecule has 2 N–H and O–H groups in total. The van der Waals surface area contributed by atoms with Crippen LogP contribution in [0.5, 0.6) is 0 Å². The number of aromatic nitrogens is 3. The largest absolute Gasteiger partial charge is 0.433 e. The number of nitrogens with zero attached hydrogens (tertiary/aromatic N) is 4. The van der Waals surface area contributed by atoms with E-state index in [1.54, 1.807) is 30.5 Å². The molecule has 148 valence electrons. The zero-order valence-corrected chi connectivity index (χ0v) is 15.0. The number of halogens is 3. The second-order valence-corrected chi connectivity index (χ2v) is 6.81. The SMILES string of the molecule is N#CN1CC[C@H](C(=O)Nc2cc3cc(-c4cn[nH]c4C(F)(F)F)ccc3cn2)C1. The molecule has 1 aromatic carbocycles. The summed E-state index contributed by atoms with van der Waals surface area (Å²) in [4.78, 5) is 18.1. The van der Waals surface area contributed by atoms with Crippen LogP contribution in [0.2, 0.25) is 0 Å². The number of rotatable bonds is 3. The average Bonchev–Trinajstić information content (AvgIpc) is 3.36. The van der Waals surface area contributed by atoms with Gasteiger partial charge in [0.05, 0.1) is 12.1 Å². The number of H-pyrrole nitrogens is 1. The fourth-order valence-electron chi connectivity index (χ4n) is 3.39. The Morgan fingerprint density at radius 2 is 2.10 bits per heavy atom. The number of fused-ring (bicyclic) bond motifs is 1. The topological polar surface area (TPSA) is 97.7 Å². The van der Waals surface area contributed by atoms with E-state index in [1.807, 2.05) is 11.3 Å². The van der Waals surface area contributed by atoms with Gasteiger partial charge in [0.2, 0.25) is 5.91 Å². The molecule has 2 aromatic heterocycles. The predicted octanol–water partition coefficient (Wildman–Crippen LogP) is 3.39. The van der Waals surface area contributed by atoms with Crippen molar-refractivity contribution in [2.75, 3.05) is 18.4 Å². The number of hydrogen-bond acceptors (Lipinski definition) is 5. The van der Waals surface area contributed by atoms with Gasteiger partial charge < -0.3 is 10.2 Å². The highest BCUT2D eigenvalue weighted by Crippen LogP contribution is 2.36. The van der Waals surface area contributed by atoms with Gasteiger partial charge in [-0.05, 0) is 29.5 Å². The van der Waals surface area contributed by atoms with Crippen LogP contribution in [0, 0.1) is 17.4 Å². The standard InChI is InChI=1S/C19H15F3N6O/c20-19(21,22)17-15(8-25-27-17)11-1-2-12-7-24-16(6-14(12)5-11)26-18(29)13-3-4-28(9-13)10-23/h1-2,5-8,13H,3-4,9H2,(H,25,27)(H,24,26,29)/t13-/m0/s1. The first kappa shape index (κ1) is 18.7. The molecule has 0 saturated carbocycles. The van der Waals surface area contributed by atoms with E-state index in [2.05, 4.69) is 15.4 Å². The molecule has 0 bridgehead atoms. The monoisotopic (exact) mass is 400 g/mol. The molecule has 0 spiro atoms. The van der Waals surface area contributed by atoms with E-state index in [0.29, 0.717) is 36.3 Å². The third-order valence-corrected chi connectivity index (χ3v) is 4.91. The number of pyridine rings is 1. The molecule has 29 heavy (non-hydrogen) atoms. The molecule has 4 rings (SSSR count). The smallest absolute Gasteiger partial charge is 0.310 e. The number of benzene rings is 1. The molecule has 1 atom stereocenters. The highest BCUT2D eigenvalue weighted by molar-refractivity contribution is 5.95. The summed E-state index contributed by atoms with van der Waals surface area (Å²) in [5.41, 5.74) is -0.616. The van der Waals surface area contributed by atoms with Crippen LogP contribution in [-0.2, 0) is 11.0 Å². The molecular formula is C19H15F3N6O. The summed E-state index contributed by atoms with van der Waals surface area (Å²) in [5, 5.41) is 18.5. The van der Waals surface area contributed by atoms with Crippen molar-refractivity contribution in [1.82, 2.24) is 20.1 Å². The van der Waals surface area contributed by atoms with Crippen molar-refractivity contribution in [2.24, 2.45) is 5.92 Å². The van der Waals surface area contributed by atoms with Crippen LogP contribution >= 0.6 is 0 Å². The van der Waals surface area contributed by atoms with Crippen LogP contribution in [0.4, 0.5) is 19.0 Å². The van der Waals surface area contributed by atoms with Gasteiger partial charge in [-0.1, -0.05) is 12.1 Å². The number of anilines is 1. The second-order valence-electron chi connectivity index (χ2n) is 6.81. The molecule has 1 aliphatic rings. The van der Waals surface area contributed by atoms with E-state index in [1.165, 1.54) is 4.90 Å². The number of carbonyl (C=O) groups excluding carboxylic acids is 1. The molecule has 7 nitrogen and oxygen atoms in total. The van der Waals surface area contributed by atoms with E-state index in [9.17, 15) is 18.0 Å². The van der Waals surface area contributed by atoms with Gasteiger partial charge >= 0.3 is 6.18 Å². The number of amides is 1. The molecule has 1 fully saturated rings. The van der Waals surface area contributed by atoms with Crippen molar-refractivity contribution in [3.05, 3.63) is 42.4 Å². The van der Waals surface area contributed by atoms with Crippen molar-refractivity contribution >= 4 is 22.5 Å². The lowest BCUT2D eigenvalue weighted by molar-refractivity contribution is -0.140. The number of nitriles is 1. The molecule has 3 aromatic rings. The minimum Gasteiger partial charge on any atom is -0.310 e. The van der Waals surface area contributed by atoms with Crippen molar-refractivity contribution in [3.8, 4) is 17.3 Å². The van der Waals surface area contributed by atoms with Crippen LogP contribution < -0.4 is 5.32 Å². The fourth-order valence-corrected chi connectivity index (χ4v) is 3.39. The van der Waals surface area contributed by atoms with Gasteiger partial charge in [0.15, 0.2) is 6.19 Å². The summed E-state index contributed by atoms with van der Waals surface area (Å²) >= 11 is 0. The molecule has 1 aliphatic heterocycles. The van der Waals surface area contributed by atoms with Crippen LogP contribution in [-0.4, -0.2) is 39.1 Å². The van der Waals surface area contributed by atoms with Crippen LogP contribution in [0.1, 0.15) is 12.1 Å². The van der Waals surface area contributed by atoms with Crippen LogP contribution in [0.25, 0.3) is 21.9 Å². The number of likely N-dealkylation sites (tertiary alicyclic amines) is 1. The zero-order chi connectivity index (χ0) is 20.6. The first-order chi connectivity index (χ1) is 13.8. The number of hydrogen-bond donors (Lipinski definition) is 2. The van der Waals surface area contributed by atoms with Crippen molar-refractivity contribution in [3.63, 3.8) is 0 Å². The minimum atomic E-state index is -4.54. The van der Waals surface area contributed by atoms with Crippen molar-refractivity contribution in [2.45, 2.75) is 12.6 Å². The Morgan fingerprint density at radius 3 is 2.83 bits per heavy atom. The lowest BCUT2D eigenvalue weighted by Gasteiger charge is -2.11. The van der Waals surface area contributed by atoms with E-state index in [4.69, 9.17) is 5.26 Å². The number of carbonyl (C=O) groups is 1. The number of alkyl halides is 3. The number of nitrogens with one attached hydrogen (secondary N) is 2. The zero-order valence-electron chi connectivity index (χ0n) is 15.0. The third-order valence-electron chi connectivity index (χ3n) is 4.91. The summed E-state index contributed by atoms with van der Waals surface area (Å²) in [6.45, 7) is 0.899. The van der Waals surface area contributed by atoms with E-state index in [-0.39, 0.29) is 17.4 Å². The van der Waals surface area contributed by atoms with Gasteiger partial charge in [-0.15, -0.1) is 0 Å². The summed E-state index contributed by atoms with van der Waals surface area (Å²) in [6, 6.07) is 6.44. The maximum atomic E-state index is 13.1. The summed E-state index contributed by atoms with van der Waals surface area (Å²) in [5.74, 6) is -0.239. The summed E-state index contributed by atoms with van der Waals surface area (Å²) in [6.07, 6.45) is 0.738. The van der Waals surface area contributed by atoms with Crippen LogP contribution in [0.15, 0.2) is 36.7 Å². The Hall–Kier alpha value is -3.61. The van der Waals surface area contributed by atoms with Crippen LogP contribution in [0.3, 0.4) is 0 Å². The highest BCUT2D eigenvalue weighted by atomic mass is 19.4. The first-order valence-corrected chi connectivity index (χ1v) is 8.81. The summed E-state index contributed by atoms with van der Waals surface area (Å²) < 4.78 is 39.4. The Balaban J connectivity index is 1.60. The molecule has 3 heterocycles. The highest BCUT2D eigenvalue weighted by Gasteiger charge is 2.36. The van der Waals surface area contributed by atoms with Gasteiger partial charge in [0.25, 0.3) is 0 Å². The summed E-state index contributed by atoms with van der Waals surface area (Å²) in [7, 11) is 0. The average molecular weight is 400 g/mol. The van der Waals surface area contributed by atoms with Crippen molar-refractivity contribution in [1.29, 1.82) is 5.26 Å². The third kappa shape index (κ3) is 3.71. The maximum absolute atomic E-state index is 13.1. The molecule has 1 amide bonds. The molecule has 0 aliphatic carbocycles. The molecule has 10 heteroatoms. The molecular weight excluding hydrogens is 385 g/mol. The molecule has 0 radical (unpaired) electrons. The number of aromatic amines is 1. The van der Waals surface area contributed by atoms with E-state index < -0.39 is 11.9 Å². The lowest BCUT2D eigenvalue weighted by Crippen LogP contribution is -2.25. The Kier molecular flexibility index (Phi) is 4.58. The first-order valence-electron chi connectivity index (χ1n) is 8.81. The Labute approximate surface area is 163 Å². The van der Waals surface area contributed by atoms with Gasteiger partial charge in [0, 0.05) is 30.2 Å². The molecule has 1 saturated heterocycles. The normalized spacial score (nSPS) is 16.8. The minimum absolute atomic E-state index is 0.0515. The van der Waals surface area contributed by atoms with Gasteiger partial charge in [0.1, 0.15) is 11.5 Å². The van der Waals surface area contributed by atoms with Gasteiger partial charge in [-0.3, -0.25) is 9.89 Å². The van der Waals surface area contributed by atoms with Gasteiger partial charge in [-0.25, -0.2) is 4.98 Å². The van der Waals surface area contributed by atoms with E-state index in [0.717, 1.165) is 11.6 Å². The van der Waals surface area contributed by atoms with E-state index >= 15 is 0 Å². The maximum Gasteiger partial charge on any atom is 0.433 e. The predicted molar refractivity (Wildman–Crippen MR) is 98.2 cm³/mol. The molecule has 0 unspecified atom stereocenters. The quantitative estimate of drug-likeness (QED) is 0.657.